The Morgan fingerprint density at radius 1 is 1.28 bits per heavy atom. The summed E-state index contributed by atoms with van der Waals surface area (Å²) in [5, 5.41) is 4.99. The molecule has 1 saturated carbocycles. The number of hydrogen-bond donors (Lipinski definition) is 1. The van der Waals surface area contributed by atoms with E-state index in [9.17, 15) is 0 Å². The summed E-state index contributed by atoms with van der Waals surface area (Å²) in [5.41, 5.74) is 1.74. The lowest BCUT2D eigenvalue weighted by molar-refractivity contribution is -0.00509. The van der Waals surface area contributed by atoms with E-state index in [1.807, 2.05) is 30.3 Å². The van der Waals surface area contributed by atoms with Crippen LogP contribution < -0.4 is 15.0 Å². The second-order valence-corrected chi connectivity index (χ2v) is 8.61. The van der Waals surface area contributed by atoms with Crippen LogP contribution in [0.15, 0.2) is 46.9 Å². The van der Waals surface area contributed by atoms with E-state index >= 15 is 0 Å². The number of nitrogens with one attached hydrogen (secondary N) is 1. The molecule has 3 nitrogen and oxygen atoms in total. The van der Waals surface area contributed by atoms with E-state index in [0.717, 1.165) is 35.2 Å². The van der Waals surface area contributed by atoms with Crippen LogP contribution in [0.1, 0.15) is 30.9 Å². The quantitative estimate of drug-likeness (QED) is 0.604. The van der Waals surface area contributed by atoms with Crippen molar-refractivity contribution in [3.63, 3.8) is 0 Å². The number of anilines is 1. The molecule has 1 aliphatic carbocycles. The zero-order valence-corrected chi connectivity index (χ0v) is 16.5. The fourth-order valence-corrected chi connectivity index (χ4v) is 5.57. The molecule has 0 unspecified atom stereocenters. The van der Waals surface area contributed by atoms with Gasteiger partial charge in [0.25, 0.3) is 0 Å². The van der Waals surface area contributed by atoms with Crippen LogP contribution in [-0.2, 0) is 0 Å². The first-order valence-corrected chi connectivity index (χ1v) is 10.0. The number of nitrogens with zero attached hydrogens (tertiary/aromatic N) is 1. The van der Waals surface area contributed by atoms with Crippen LogP contribution in [0.2, 0.25) is 5.02 Å². The van der Waals surface area contributed by atoms with Gasteiger partial charge in [0.15, 0.2) is 10.8 Å². The molecular weight excluding hydrogens is 420 g/mol. The van der Waals surface area contributed by atoms with Gasteiger partial charge in [-0.1, -0.05) is 33.6 Å². The molecule has 2 heterocycles. The van der Waals surface area contributed by atoms with E-state index in [1.54, 1.807) is 0 Å². The van der Waals surface area contributed by atoms with Gasteiger partial charge in [-0.15, -0.1) is 0 Å². The highest BCUT2D eigenvalue weighted by Crippen LogP contribution is 2.56. The lowest BCUT2D eigenvalue weighted by atomic mass is 9.80. The van der Waals surface area contributed by atoms with Gasteiger partial charge in [-0.25, -0.2) is 0 Å². The average Bonchev–Trinajstić information content (AvgIpc) is 3.00. The highest BCUT2D eigenvalue weighted by Gasteiger charge is 2.60. The smallest absolute Gasteiger partial charge is 0.194 e. The minimum absolute atomic E-state index is 0.187. The number of fused-ring (bicyclic) bond motifs is 2. The summed E-state index contributed by atoms with van der Waals surface area (Å²) in [6, 6.07) is 14.3. The Kier molecular flexibility index (Phi) is 3.56. The molecule has 1 N–H and O–H groups in total. The summed E-state index contributed by atoms with van der Waals surface area (Å²) in [5.74, 6) is 1.29. The molecule has 2 aromatic rings. The van der Waals surface area contributed by atoms with Gasteiger partial charge < -0.3 is 10.1 Å². The van der Waals surface area contributed by atoms with Crippen LogP contribution >= 0.6 is 39.7 Å². The third kappa shape index (κ3) is 2.25. The third-order valence-electron chi connectivity index (χ3n) is 5.55. The third-order valence-corrected chi connectivity index (χ3v) is 6.58. The highest BCUT2D eigenvalue weighted by atomic mass is 79.9. The van der Waals surface area contributed by atoms with E-state index in [4.69, 9.17) is 28.6 Å². The largest absolute Gasteiger partial charge is 0.467 e. The number of rotatable bonds is 1. The maximum atomic E-state index is 6.68. The molecule has 25 heavy (non-hydrogen) atoms. The second-order valence-electron chi connectivity index (χ2n) is 6.87. The molecule has 0 amide bonds. The van der Waals surface area contributed by atoms with Crippen LogP contribution in [0, 0.1) is 5.92 Å². The summed E-state index contributed by atoms with van der Waals surface area (Å²) in [7, 11) is 0. The minimum Gasteiger partial charge on any atom is -0.467 e. The van der Waals surface area contributed by atoms with E-state index in [-0.39, 0.29) is 6.04 Å². The van der Waals surface area contributed by atoms with Crippen LogP contribution in [0.3, 0.4) is 0 Å². The van der Waals surface area contributed by atoms with Gasteiger partial charge in [-0.3, -0.25) is 4.90 Å². The lowest BCUT2D eigenvalue weighted by Gasteiger charge is -2.56. The maximum absolute atomic E-state index is 6.68. The predicted molar refractivity (Wildman–Crippen MR) is 107 cm³/mol. The molecule has 128 valence electrons. The van der Waals surface area contributed by atoms with Gasteiger partial charge in [0, 0.05) is 33.1 Å². The molecule has 2 fully saturated rings. The SMILES string of the molecule is S=C1N[C@@H]2c3cc(Br)ccc3O[C@@]3(CCC[C@H]23)N1c1cccc(Cl)c1. The predicted octanol–water partition coefficient (Wildman–Crippen LogP) is 5.43. The molecule has 1 saturated heterocycles. The molecule has 5 rings (SSSR count). The molecule has 0 radical (unpaired) electrons. The number of halogens is 2. The highest BCUT2D eigenvalue weighted by molar-refractivity contribution is 9.10. The van der Waals surface area contributed by atoms with Gasteiger partial charge in [0.05, 0.1) is 6.04 Å². The topological polar surface area (TPSA) is 24.5 Å². The number of benzene rings is 2. The van der Waals surface area contributed by atoms with Gasteiger partial charge in [0.1, 0.15) is 5.75 Å². The Morgan fingerprint density at radius 3 is 3.00 bits per heavy atom. The lowest BCUT2D eigenvalue weighted by Crippen LogP contribution is -2.69. The Balaban J connectivity index is 1.70. The molecule has 2 aromatic carbocycles. The van der Waals surface area contributed by atoms with Crippen molar-refractivity contribution in [1.82, 2.24) is 5.32 Å². The summed E-state index contributed by atoms with van der Waals surface area (Å²) < 4.78 is 7.74. The monoisotopic (exact) mass is 434 g/mol. The van der Waals surface area contributed by atoms with E-state index < -0.39 is 5.72 Å². The van der Waals surface area contributed by atoms with Crippen LogP contribution in [-0.4, -0.2) is 10.8 Å². The number of thiocarbonyl (C=S) groups is 1. The average molecular weight is 436 g/mol. The van der Waals surface area contributed by atoms with Crippen LogP contribution in [0.5, 0.6) is 5.75 Å². The second kappa shape index (κ2) is 5.60. The van der Waals surface area contributed by atoms with Crippen molar-refractivity contribution in [2.75, 3.05) is 4.90 Å². The van der Waals surface area contributed by atoms with Crippen molar-refractivity contribution < 1.29 is 4.74 Å². The van der Waals surface area contributed by atoms with Crippen LogP contribution in [0.25, 0.3) is 0 Å². The normalized spacial score (nSPS) is 29.5. The first-order chi connectivity index (χ1) is 12.1. The first-order valence-electron chi connectivity index (χ1n) is 8.43. The van der Waals surface area contributed by atoms with E-state index in [1.165, 1.54) is 5.56 Å². The summed E-state index contributed by atoms with van der Waals surface area (Å²) in [6.07, 6.45) is 3.19. The molecule has 6 heteroatoms. The van der Waals surface area contributed by atoms with Crippen molar-refractivity contribution in [2.45, 2.75) is 31.0 Å². The first kappa shape index (κ1) is 15.9. The van der Waals surface area contributed by atoms with Gasteiger partial charge >= 0.3 is 0 Å². The van der Waals surface area contributed by atoms with Crippen molar-refractivity contribution in [3.8, 4) is 5.75 Å². The zero-order chi connectivity index (χ0) is 17.2. The van der Waals surface area contributed by atoms with Crippen molar-refractivity contribution >= 4 is 50.5 Å². The Bertz CT molecular complexity index is 891. The van der Waals surface area contributed by atoms with E-state index in [0.29, 0.717) is 16.1 Å². The summed E-state index contributed by atoms with van der Waals surface area (Å²) in [4.78, 5) is 2.15. The standard InChI is InChI=1S/C19H16BrClN2OS/c20-11-6-7-16-14(9-11)17-15-5-2-8-19(15,24-16)23(18(25)22-17)13-4-1-3-12(21)10-13/h1,3-4,6-7,9-10,15,17H,2,5,8H2,(H,22,25)/t15-,17-,19-/m1/s1. The number of hydrogen-bond acceptors (Lipinski definition) is 2. The van der Waals surface area contributed by atoms with Crippen LogP contribution in [0.4, 0.5) is 5.69 Å². The molecule has 2 aliphatic heterocycles. The summed E-state index contributed by atoms with van der Waals surface area (Å²) >= 11 is 15.6. The Morgan fingerprint density at radius 2 is 2.16 bits per heavy atom. The molecule has 0 aromatic heterocycles. The maximum Gasteiger partial charge on any atom is 0.194 e. The molecule has 0 spiro atoms. The minimum atomic E-state index is -0.432. The van der Waals surface area contributed by atoms with Crippen molar-refractivity contribution in [1.29, 1.82) is 0 Å². The van der Waals surface area contributed by atoms with E-state index in [2.05, 4.69) is 38.3 Å². The van der Waals surface area contributed by atoms with Crippen molar-refractivity contribution in [2.24, 2.45) is 5.92 Å². The summed E-state index contributed by atoms with van der Waals surface area (Å²) in [6.45, 7) is 0. The molecule has 3 aliphatic rings. The van der Waals surface area contributed by atoms with Gasteiger partial charge in [-0.05, 0) is 61.5 Å². The Hall–Kier alpha value is -1.30. The molecular formula is C19H16BrClN2OS. The molecule has 3 atom stereocenters. The fraction of sp³-hybridized carbons (Fsp3) is 0.316. The Labute approximate surface area is 165 Å². The molecule has 2 bridgehead atoms. The fourth-order valence-electron chi connectivity index (χ4n) is 4.62. The zero-order valence-electron chi connectivity index (χ0n) is 13.3. The number of ether oxygens (including phenoxy) is 1. The van der Waals surface area contributed by atoms with Gasteiger partial charge in [-0.2, -0.15) is 0 Å². The van der Waals surface area contributed by atoms with Crippen molar-refractivity contribution in [3.05, 3.63) is 57.5 Å². The van der Waals surface area contributed by atoms with Gasteiger partial charge in [0.2, 0.25) is 0 Å².